The number of fused-ring (bicyclic) bond motifs is 1. The Morgan fingerprint density at radius 3 is 1.66 bits per heavy atom. The molecule has 0 bridgehead atoms. The molecule has 0 saturated carbocycles. The standard InChI is InChI=1S/C23H18N4S2/c1-15-2-4-16(5-3-15)24-27-23-13-12-22(20-11-10-19(29)14-21(20)23)26-25-17-6-8-18(28)9-7-17/h2-14,28-29H,1H3. The Morgan fingerprint density at radius 1 is 0.517 bits per heavy atom. The minimum absolute atomic E-state index is 0.759. The maximum Gasteiger partial charge on any atom is 0.0937 e. The summed E-state index contributed by atoms with van der Waals surface area (Å²) in [4.78, 5) is 1.74. The molecule has 4 aromatic carbocycles. The molecule has 0 heterocycles. The van der Waals surface area contributed by atoms with Crippen LogP contribution in [0.4, 0.5) is 22.7 Å². The molecule has 0 aliphatic rings. The Balaban J connectivity index is 1.72. The molecule has 0 aliphatic carbocycles. The van der Waals surface area contributed by atoms with E-state index < -0.39 is 0 Å². The smallest absolute Gasteiger partial charge is 0.0937 e. The molecule has 0 aromatic heterocycles. The number of thiol groups is 2. The maximum atomic E-state index is 4.48. The molecule has 4 nitrogen and oxygen atoms in total. The van der Waals surface area contributed by atoms with E-state index in [1.54, 1.807) is 0 Å². The van der Waals surface area contributed by atoms with Crippen LogP contribution in [0.1, 0.15) is 5.56 Å². The van der Waals surface area contributed by atoms with Crippen molar-refractivity contribution in [1.82, 2.24) is 0 Å². The van der Waals surface area contributed by atoms with Crippen molar-refractivity contribution in [2.45, 2.75) is 16.7 Å². The van der Waals surface area contributed by atoms with E-state index in [9.17, 15) is 0 Å². The summed E-state index contributed by atoms with van der Waals surface area (Å²) < 4.78 is 0. The van der Waals surface area contributed by atoms with Gasteiger partial charge in [0.1, 0.15) is 0 Å². The third-order valence-corrected chi connectivity index (χ3v) is 4.96. The van der Waals surface area contributed by atoms with Crippen molar-refractivity contribution in [3.05, 3.63) is 84.4 Å². The van der Waals surface area contributed by atoms with E-state index in [-0.39, 0.29) is 0 Å². The number of hydrogen-bond acceptors (Lipinski definition) is 6. The van der Waals surface area contributed by atoms with Gasteiger partial charge in [0.2, 0.25) is 0 Å². The zero-order valence-corrected chi connectivity index (χ0v) is 17.5. The van der Waals surface area contributed by atoms with Crippen LogP contribution in [0, 0.1) is 6.92 Å². The van der Waals surface area contributed by atoms with Gasteiger partial charge in [-0.25, -0.2) is 0 Å². The Hall–Kier alpha value is -2.96. The van der Waals surface area contributed by atoms with Gasteiger partial charge in [0.15, 0.2) is 0 Å². The molecular weight excluding hydrogens is 396 g/mol. The lowest BCUT2D eigenvalue weighted by Crippen LogP contribution is -1.77. The first-order chi connectivity index (χ1) is 14.1. The van der Waals surface area contributed by atoms with Crippen molar-refractivity contribution in [3.8, 4) is 0 Å². The van der Waals surface area contributed by atoms with Gasteiger partial charge in [-0.2, -0.15) is 10.2 Å². The monoisotopic (exact) mass is 414 g/mol. The molecule has 0 aliphatic heterocycles. The summed E-state index contributed by atoms with van der Waals surface area (Å²) in [5.41, 5.74) is 4.28. The van der Waals surface area contributed by atoms with Crippen LogP contribution in [0.15, 0.2) is 109 Å². The molecule has 0 atom stereocenters. The number of benzene rings is 4. The van der Waals surface area contributed by atoms with Gasteiger partial charge in [-0.05, 0) is 67.6 Å². The fourth-order valence-electron chi connectivity index (χ4n) is 2.83. The summed E-state index contributed by atoms with van der Waals surface area (Å²) in [7, 11) is 0. The second kappa shape index (κ2) is 8.59. The first-order valence-corrected chi connectivity index (χ1v) is 9.93. The van der Waals surface area contributed by atoms with Crippen LogP contribution >= 0.6 is 25.3 Å². The van der Waals surface area contributed by atoms with Crippen LogP contribution in [0.3, 0.4) is 0 Å². The van der Waals surface area contributed by atoms with Gasteiger partial charge in [0, 0.05) is 20.6 Å². The third kappa shape index (κ3) is 4.72. The number of hydrogen-bond donors (Lipinski definition) is 2. The first kappa shape index (κ1) is 19.4. The lowest BCUT2D eigenvalue weighted by atomic mass is 10.1. The predicted octanol–water partition coefficient (Wildman–Crippen LogP) is 8.56. The topological polar surface area (TPSA) is 49.4 Å². The number of aryl methyl sites for hydroxylation is 1. The van der Waals surface area contributed by atoms with E-state index in [0.717, 1.165) is 43.3 Å². The quantitative estimate of drug-likeness (QED) is 0.248. The highest BCUT2D eigenvalue weighted by molar-refractivity contribution is 7.80. The second-order valence-electron chi connectivity index (χ2n) is 6.59. The van der Waals surface area contributed by atoms with Gasteiger partial charge < -0.3 is 0 Å². The minimum atomic E-state index is 0.759. The SMILES string of the molecule is Cc1ccc(N=Nc2ccc(N=Nc3ccc(S)cc3)c3ccc(S)cc23)cc1. The first-order valence-electron chi connectivity index (χ1n) is 9.03. The maximum absolute atomic E-state index is 4.48. The summed E-state index contributed by atoms with van der Waals surface area (Å²) in [5.74, 6) is 0. The van der Waals surface area contributed by atoms with Crippen molar-refractivity contribution in [3.63, 3.8) is 0 Å². The molecule has 142 valence electrons. The number of rotatable bonds is 4. The molecule has 0 N–H and O–H groups in total. The van der Waals surface area contributed by atoms with Crippen LogP contribution in [-0.2, 0) is 0 Å². The molecule has 0 unspecified atom stereocenters. The average Bonchev–Trinajstić information content (AvgIpc) is 2.73. The summed E-state index contributed by atoms with van der Waals surface area (Å²) in [6, 6.07) is 25.1. The van der Waals surface area contributed by atoms with Gasteiger partial charge in [-0.15, -0.1) is 35.5 Å². The molecule has 29 heavy (non-hydrogen) atoms. The van der Waals surface area contributed by atoms with E-state index in [1.165, 1.54) is 5.56 Å². The Labute approximate surface area is 180 Å². The van der Waals surface area contributed by atoms with Crippen molar-refractivity contribution in [1.29, 1.82) is 0 Å². The highest BCUT2D eigenvalue weighted by atomic mass is 32.1. The van der Waals surface area contributed by atoms with E-state index >= 15 is 0 Å². The van der Waals surface area contributed by atoms with Crippen LogP contribution in [0.25, 0.3) is 10.8 Å². The van der Waals surface area contributed by atoms with Gasteiger partial charge in [0.05, 0.1) is 22.7 Å². The van der Waals surface area contributed by atoms with Crippen LogP contribution in [0.5, 0.6) is 0 Å². The molecule has 4 rings (SSSR count). The second-order valence-corrected chi connectivity index (χ2v) is 7.62. The van der Waals surface area contributed by atoms with Crippen molar-refractivity contribution < 1.29 is 0 Å². The van der Waals surface area contributed by atoms with E-state index in [1.807, 2.05) is 85.8 Å². The van der Waals surface area contributed by atoms with Crippen molar-refractivity contribution in [2.24, 2.45) is 20.5 Å². The zero-order chi connectivity index (χ0) is 20.2. The van der Waals surface area contributed by atoms with Crippen molar-refractivity contribution >= 4 is 58.8 Å². The molecule has 6 heteroatoms. The highest BCUT2D eigenvalue weighted by Crippen LogP contribution is 2.36. The van der Waals surface area contributed by atoms with Crippen molar-refractivity contribution in [2.75, 3.05) is 0 Å². The van der Waals surface area contributed by atoms with Crippen LogP contribution in [-0.4, -0.2) is 0 Å². The van der Waals surface area contributed by atoms with Gasteiger partial charge in [-0.3, -0.25) is 0 Å². The normalized spacial score (nSPS) is 11.7. The largest absolute Gasteiger partial charge is 0.151 e. The number of azo groups is 2. The fourth-order valence-corrected chi connectivity index (χ4v) is 3.19. The molecular formula is C23H18N4S2. The third-order valence-electron chi connectivity index (χ3n) is 4.38. The van der Waals surface area contributed by atoms with Gasteiger partial charge in [0.25, 0.3) is 0 Å². The zero-order valence-electron chi connectivity index (χ0n) is 15.7. The summed E-state index contributed by atoms with van der Waals surface area (Å²) >= 11 is 8.77. The molecule has 0 amide bonds. The Bertz CT molecular complexity index is 1210. The summed E-state index contributed by atoms with van der Waals surface area (Å²) in [6.07, 6.45) is 0. The Kier molecular flexibility index (Phi) is 5.74. The highest BCUT2D eigenvalue weighted by Gasteiger charge is 2.07. The predicted molar refractivity (Wildman–Crippen MR) is 124 cm³/mol. The molecule has 0 saturated heterocycles. The van der Waals surface area contributed by atoms with Crippen LogP contribution in [0.2, 0.25) is 0 Å². The number of nitrogens with zero attached hydrogens (tertiary/aromatic N) is 4. The van der Waals surface area contributed by atoms with E-state index in [4.69, 9.17) is 0 Å². The molecule has 4 aromatic rings. The summed E-state index contributed by atoms with van der Waals surface area (Å²) in [5, 5.41) is 19.5. The lowest BCUT2D eigenvalue weighted by molar-refractivity contribution is 1.22. The molecule has 0 spiro atoms. The van der Waals surface area contributed by atoms with Gasteiger partial charge >= 0.3 is 0 Å². The molecule has 0 radical (unpaired) electrons. The average molecular weight is 415 g/mol. The molecule has 0 fully saturated rings. The lowest BCUT2D eigenvalue weighted by Gasteiger charge is -2.05. The van der Waals surface area contributed by atoms with Crippen LogP contribution < -0.4 is 0 Å². The van der Waals surface area contributed by atoms with E-state index in [0.29, 0.717) is 0 Å². The minimum Gasteiger partial charge on any atom is -0.151 e. The van der Waals surface area contributed by atoms with Gasteiger partial charge in [-0.1, -0.05) is 23.8 Å². The fraction of sp³-hybridized carbons (Fsp3) is 0.0435. The Morgan fingerprint density at radius 2 is 1.03 bits per heavy atom. The summed E-state index contributed by atoms with van der Waals surface area (Å²) in [6.45, 7) is 2.04. The van der Waals surface area contributed by atoms with E-state index in [2.05, 4.69) is 45.7 Å².